The van der Waals surface area contributed by atoms with Crippen LogP contribution in [0.15, 0.2) is 66.7 Å². The molecule has 0 aliphatic carbocycles. The van der Waals surface area contributed by atoms with Gasteiger partial charge in [0.25, 0.3) is 0 Å². The third-order valence-electron chi connectivity index (χ3n) is 7.32. The van der Waals surface area contributed by atoms with Gasteiger partial charge in [0.15, 0.2) is 0 Å². The fraction of sp³-hybridized carbons (Fsp3) is 0.367. The van der Waals surface area contributed by atoms with Crippen LogP contribution in [0, 0.1) is 11.7 Å². The number of esters is 1. The van der Waals surface area contributed by atoms with Crippen LogP contribution in [-0.4, -0.2) is 31.1 Å². The lowest BCUT2D eigenvalue weighted by atomic mass is 9.85. The van der Waals surface area contributed by atoms with E-state index in [4.69, 9.17) is 4.74 Å². The van der Waals surface area contributed by atoms with Crippen molar-refractivity contribution in [2.75, 3.05) is 20.2 Å². The summed E-state index contributed by atoms with van der Waals surface area (Å²) in [6, 6.07) is 16.9. The van der Waals surface area contributed by atoms with Gasteiger partial charge in [-0.2, -0.15) is 13.2 Å². The molecule has 3 aromatic carbocycles. The number of rotatable bonds is 6. The maximum absolute atomic E-state index is 13.8. The van der Waals surface area contributed by atoms with E-state index in [1.54, 1.807) is 19.1 Å². The van der Waals surface area contributed by atoms with Crippen LogP contribution in [0.3, 0.4) is 0 Å². The van der Waals surface area contributed by atoms with Gasteiger partial charge in [0, 0.05) is 0 Å². The number of hydrogen-bond donors (Lipinski definition) is 0. The summed E-state index contributed by atoms with van der Waals surface area (Å²) in [7, 11) is 1.33. The van der Waals surface area contributed by atoms with Crippen LogP contribution in [0.25, 0.3) is 11.1 Å². The highest BCUT2D eigenvalue weighted by Crippen LogP contribution is 2.40. The zero-order valence-electron chi connectivity index (χ0n) is 21.2. The standard InChI is InChI=1S/C30H31F4NO2/c1-19-14-16-35(17-15-19)28(22-6-11-25(31)12-7-22)26-13-8-23(20(2)29(36)37-3)18-27(26)21-4-9-24(10-5-21)30(32,33)34/h4-13,18-20,28H,14-17H2,1-3H3. The fourth-order valence-corrected chi connectivity index (χ4v) is 5.00. The van der Waals surface area contributed by atoms with E-state index in [2.05, 4.69) is 11.8 Å². The summed E-state index contributed by atoms with van der Waals surface area (Å²) in [5.41, 5.74) is 3.11. The first-order valence-electron chi connectivity index (χ1n) is 12.5. The normalized spacial score (nSPS) is 16.8. The first-order valence-corrected chi connectivity index (χ1v) is 12.5. The van der Waals surface area contributed by atoms with Gasteiger partial charge in [-0.25, -0.2) is 4.39 Å². The minimum atomic E-state index is -4.44. The molecule has 0 aromatic heterocycles. The highest BCUT2D eigenvalue weighted by Gasteiger charge is 2.31. The smallest absolute Gasteiger partial charge is 0.416 e. The Hall–Kier alpha value is -3.19. The molecule has 0 amide bonds. The molecular formula is C30H31F4NO2. The molecule has 3 nitrogen and oxygen atoms in total. The molecule has 1 aliphatic rings. The number of benzene rings is 3. The van der Waals surface area contributed by atoms with Crippen molar-refractivity contribution in [1.82, 2.24) is 4.90 Å². The van der Waals surface area contributed by atoms with Crippen LogP contribution < -0.4 is 0 Å². The van der Waals surface area contributed by atoms with Gasteiger partial charge in [0.1, 0.15) is 5.82 Å². The van der Waals surface area contributed by atoms with Crippen LogP contribution in [0.4, 0.5) is 17.6 Å². The van der Waals surface area contributed by atoms with Crippen molar-refractivity contribution in [2.45, 2.75) is 44.8 Å². The van der Waals surface area contributed by atoms with Crippen molar-refractivity contribution < 1.29 is 27.1 Å². The molecule has 0 saturated carbocycles. The molecule has 7 heteroatoms. The van der Waals surface area contributed by atoms with Crippen molar-refractivity contribution in [3.8, 4) is 11.1 Å². The third kappa shape index (κ3) is 6.04. The lowest BCUT2D eigenvalue weighted by Crippen LogP contribution is -2.37. The van der Waals surface area contributed by atoms with Crippen LogP contribution in [-0.2, 0) is 15.7 Å². The molecule has 1 saturated heterocycles. The Kier molecular flexibility index (Phi) is 8.02. The average Bonchev–Trinajstić information content (AvgIpc) is 2.90. The Morgan fingerprint density at radius 1 is 0.946 bits per heavy atom. The Morgan fingerprint density at radius 3 is 2.11 bits per heavy atom. The Bertz CT molecular complexity index is 1210. The van der Waals surface area contributed by atoms with E-state index in [-0.39, 0.29) is 11.9 Å². The molecule has 0 N–H and O–H groups in total. The molecule has 2 atom stereocenters. The topological polar surface area (TPSA) is 29.5 Å². The van der Waals surface area contributed by atoms with E-state index in [1.165, 1.54) is 31.4 Å². The summed E-state index contributed by atoms with van der Waals surface area (Å²) in [6.07, 6.45) is -2.40. The summed E-state index contributed by atoms with van der Waals surface area (Å²) in [5, 5.41) is 0. The van der Waals surface area contributed by atoms with Crippen LogP contribution >= 0.6 is 0 Å². The van der Waals surface area contributed by atoms with E-state index < -0.39 is 23.6 Å². The van der Waals surface area contributed by atoms with Gasteiger partial charge >= 0.3 is 12.1 Å². The number of methoxy groups -OCH3 is 1. The molecular weight excluding hydrogens is 482 g/mol. The van der Waals surface area contributed by atoms with Gasteiger partial charge in [0.05, 0.1) is 24.6 Å². The summed E-state index contributed by atoms with van der Waals surface area (Å²) < 4.78 is 58.5. The lowest BCUT2D eigenvalue weighted by Gasteiger charge is -2.38. The molecule has 2 unspecified atom stereocenters. The molecule has 1 fully saturated rings. The minimum Gasteiger partial charge on any atom is -0.469 e. The van der Waals surface area contributed by atoms with E-state index in [0.717, 1.165) is 54.8 Å². The fourth-order valence-electron chi connectivity index (χ4n) is 5.00. The number of nitrogens with zero attached hydrogens (tertiary/aromatic N) is 1. The SMILES string of the molecule is COC(=O)C(C)c1ccc(C(c2ccc(F)cc2)N2CCC(C)CC2)c(-c2ccc(C(F)(F)F)cc2)c1. The van der Waals surface area contributed by atoms with Crippen molar-refractivity contribution in [3.05, 3.63) is 94.8 Å². The zero-order valence-corrected chi connectivity index (χ0v) is 21.2. The number of carbonyl (C=O) groups excluding carboxylic acids is 1. The van der Waals surface area contributed by atoms with Crippen molar-refractivity contribution in [1.29, 1.82) is 0 Å². The Balaban J connectivity index is 1.88. The Morgan fingerprint density at radius 2 is 1.54 bits per heavy atom. The highest BCUT2D eigenvalue weighted by atomic mass is 19.4. The second kappa shape index (κ2) is 11.1. The number of ether oxygens (including phenoxy) is 1. The van der Waals surface area contributed by atoms with Gasteiger partial charge in [0.2, 0.25) is 0 Å². The lowest BCUT2D eigenvalue weighted by molar-refractivity contribution is -0.142. The summed E-state index contributed by atoms with van der Waals surface area (Å²) in [6.45, 7) is 5.65. The number of piperidine rings is 1. The predicted octanol–water partition coefficient (Wildman–Crippen LogP) is 7.61. The maximum Gasteiger partial charge on any atom is 0.416 e. The predicted molar refractivity (Wildman–Crippen MR) is 136 cm³/mol. The van der Waals surface area contributed by atoms with Gasteiger partial charge in [-0.15, -0.1) is 0 Å². The summed E-state index contributed by atoms with van der Waals surface area (Å²) in [4.78, 5) is 14.6. The zero-order chi connectivity index (χ0) is 26.7. The maximum atomic E-state index is 13.8. The summed E-state index contributed by atoms with van der Waals surface area (Å²) >= 11 is 0. The highest BCUT2D eigenvalue weighted by molar-refractivity contribution is 5.79. The number of likely N-dealkylation sites (tertiary alicyclic amines) is 1. The van der Waals surface area contributed by atoms with Crippen LogP contribution in [0.5, 0.6) is 0 Å². The molecule has 1 aliphatic heterocycles. The van der Waals surface area contributed by atoms with Crippen molar-refractivity contribution >= 4 is 5.97 Å². The number of hydrogen-bond acceptors (Lipinski definition) is 3. The van der Waals surface area contributed by atoms with Crippen molar-refractivity contribution in [3.63, 3.8) is 0 Å². The molecule has 3 aromatic rings. The summed E-state index contributed by atoms with van der Waals surface area (Å²) in [5.74, 6) is -0.679. The molecule has 196 valence electrons. The molecule has 0 bridgehead atoms. The van der Waals surface area contributed by atoms with Crippen molar-refractivity contribution in [2.24, 2.45) is 5.92 Å². The van der Waals surface area contributed by atoms with Gasteiger partial charge < -0.3 is 4.74 Å². The Labute approximate surface area is 215 Å². The molecule has 0 spiro atoms. The molecule has 37 heavy (non-hydrogen) atoms. The number of halogens is 4. The molecule has 0 radical (unpaired) electrons. The quantitative estimate of drug-likeness (QED) is 0.251. The molecule has 4 rings (SSSR count). The van der Waals surface area contributed by atoms with E-state index in [9.17, 15) is 22.4 Å². The van der Waals surface area contributed by atoms with E-state index in [1.807, 2.05) is 18.2 Å². The van der Waals surface area contributed by atoms with Gasteiger partial charge in [-0.05, 0) is 96.9 Å². The van der Waals surface area contributed by atoms with Crippen LogP contribution in [0.1, 0.15) is 60.9 Å². The average molecular weight is 514 g/mol. The first-order chi connectivity index (χ1) is 17.6. The largest absolute Gasteiger partial charge is 0.469 e. The second-order valence-electron chi connectivity index (χ2n) is 9.84. The second-order valence-corrected chi connectivity index (χ2v) is 9.84. The monoisotopic (exact) mass is 513 g/mol. The first kappa shape index (κ1) is 26.9. The minimum absolute atomic E-state index is 0.229. The van der Waals surface area contributed by atoms with Gasteiger partial charge in [-0.3, -0.25) is 9.69 Å². The van der Waals surface area contributed by atoms with E-state index in [0.29, 0.717) is 17.0 Å². The number of alkyl halides is 3. The third-order valence-corrected chi connectivity index (χ3v) is 7.32. The van der Waals surface area contributed by atoms with Crippen LogP contribution in [0.2, 0.25) is 0 Å². The molecule has 1 heterocycles. The van der Waals surface area contributed by atoms with E-state index >= 15 is 0 Å². The number of carbonyl (C=O) groups is 1. The van der Waals surface area contributed by atoms with Gasteiger partial charge in [-0.1, -0.05) is 43.3 Å².